The van der Waals surface area contributed by atoms with Gasteiger partial charge in [0.15, 0.2) is 17.5 Å². The van der Waals surface area contributed by atoms with Crippen LogP contribution in [0.25, 0.3) is 0 Å². The monoisotopic (exact) mass is 446 g/mol. The Labute approximate surface area is 160 Å². The summed E-state index contributed by atoms with van der Waals surface area (Å²) in [5, 5.41) is 2.03. The molecule has 2 aromatic carbocycles. The Balaban J connectivity index is 1.81. The lowest BCUT2D eigenvalue weighted by Crippen LogP contribution is -2.34. The van der Waals surface area contributed by atoms with Crippen LogP contribution in [0.3, 0.4) is 0 Å². The number of hydrogen-bond acceptors (Lipinski definition) is 3. The van der Waals surface area contributed by atoms with Crippen LogP contribution in [0.1, 0.15) is 10.9 Å². The van der Waals surface area contributed by atoms with E-state index in [-0.39, 0.29) is 5.37 Å². The number of benzene rings is 2. The molecule has 1 heterocycles. The lowest BCUT2D eigenvalue weighted by atomic mass is 10.2. The zero-order chi connectivity index (χ0) is 18.8. The van der Waals surface area contributed by atoms with E-state index in [1.165, 1.54) is 4.90 Å². The summed E-state index contributed by atoms with van der Waals surface area (Å²) in [6, 6.07) is 6.64. The molecule has 1 N–H and O–H groups in total. The fourth-order valence-electron chi connectivity index (χ4n) is 2.60. The molecule has 1 unspecified atom stereocenters. The molecule has 9 heteroatoms. The fraction of sp³-hybridized carbons (Fsp3) is 0.235. The summed E-state index contributed by atoms with van der Waals surface area (Å²) in [7, 11) is 1.56. The lowest BCUT2D eigenvalue weighted by molar-refractivity contribution is 0.214. The molecule has 2 amide bonds. The molecule has 0 saturated carbocycles. The Bertz CT molecular complexity index is 853. The normalized spacial score (nSPS) is 16.7. The molecular formula is C17H14BrF3N2O2S. The van der Waals surface area contributed by atoms with Crippen LogP contribution in [-0.4, -0.2) is 30.3 Å². The molecule has 1 fully saturated rings. The van der Waals surface area contributed by atoms with Gasteiger partial charge in [0.2, 0.25) is 0 Å². The maximum absolute atomic E-state index is 13.8. The van der Waals surface area contributed by atoms with Crippen molar-refractivity contribution in [3.8, 4) is 5.75 Å². The Kier molecular flexibility index (Phi) is 5.67. The van der Waals surface area contributed by atoms with Crippen LogP contribution in [0.15, 0.2) is 34.8 Å². The van der Waals surface area contributed by atoms with Gasteiger partial charge in [0.05, 0.1) is 17.3 Å². The number of urea groups is 1. The number of nitrogens with zero attached hydrogens (tertiary/aromatic N) is 1. The van der Waals surface area contributed by atoms with Crippen molar-refractivity contribution in [3.05, 3.63) is 57.8 Å². The van der Waals surface area contributed by atoms with Gasteiger partial charge in [-0.05, 0) is 45.8 Å². The molecule has 1 aliphatic rings. The number of halogens is 4. The molecule has 26 heavy (non-hydrogen) atoms. The van der Waals surface area contributed by atoms with Crippen LogP contribution in [-0.2, 0) is 0 Å². The molecule has 1 saturated heterocycles. The SMILES string of the molecule is COc1ccc(C2SCCN2C(=O)Nc2ccc(F)c(F)c2F)cc1Br. The first-order chi connectivity index (χ1) is 12.4. The Morgan fingerprint density at radius 1 is 1.27 bits per heavy atom. The zero-order valence-electron chi connectivity index (χ0n) is 13.6. The van der Waals surface area contributed by atoms with Crippen LogP contribution in [0.5, 0.6) is 5.75 Å². The van der Waals surface area contributed by atoms with Crippen LogP contribution in [0.2, 0.25) is 0 Å². The van der Waals surface area contributed by atoms with E-state index >= 15 is 0 Å². The standard InChI is InChI=1S/C17H14BrF3N2O2S/c1-25-13-5-2-9(8-10(13)18)16-23(6-7-26-16)17(24)22-12-4-3-11(19)14(20)15(12)21/h2-5,8,16H,6-7H2,1H3,(H,22,24). The summed E-state index contributed by atoms with van der Waals surface area (Å²) < 4.78 is 46.1. The number of nitrogens with one attached hydrogen (secondary N) is 1. The second-order valence-electron chi connectivity index (χ2n) is 5.46. The van der Waals surface area contributed by atoms with Crippen LogP contribution in [0.4, 0.5) is 23.7 Å². The number of thioether (sulfide) groups is 1. The third-order valence-electron chi connectivity index (χ3n) is 3.89. The van der Waals surface area contributed by atoms with E-state index in [0.29, 0.717) is 18.0 Å². The molecule has 1 atom stereocenters. The molecule has 2 aromatic rings. The van der Waals surface area contributed by atoms with Crippen molar-refractivity contribution in [1.82, 2.24) is 4.90 Å². The average molecular weight is 447 g/mol. The van der Waals surface area contributed by atoms with E-state index < -0.39 is 29.2 Å². The number of amides is 2. The molecular weight excluding hydrogens is 433 g/mol. The summed E-state index contributed by atoms with van der Waals surface area (Å²) >= 11 is 4.96. The summed E-state index contributed by atoms with van der Waals surface area (Å²) in [5.74, 6) is -2.99. The van der Waals surface area contributed by atoms with Crippen molar-refractivity contribution >= 4 is 39.4 Å². The van der Waals surface area contributed by atoms with Gasteiger partial charge in [-0.3, -0.25) is 0 Å². The van der Waals surface area contributed by atoms with Gasteiger partial charge < -0.3 is 15.0 Å². The van der Waals surface area contributed by atoms with E-state index in [9.17, 15) is 18.0 Å². The Hall–Kier alpha value is -1.87. The van der Waals surface area contributed by atoms with Crippen molar-refractivity contribution < 1.29 is 22.7 Å². The van der Waals surface area contributed by atoms with Gasteiger partial charge in [0.25, 0.3) is 0 Å². The maximum atomic E-state index is 13.8. The minimum Gasteiger partial charge on any atom is -0.496 e. The minimum absolute atomic E-state index is 0.287. The van der Waals surface area contributed by atoms with E-state index in [0.717, 1.165) is 22.2 Å². The van der Waals surface area contributed by atoms with Gasteiger partial charge in [-0.2, -0.15) is 0 Å². The number of ether oxygens (including phenoxy) is 1. The van der Waals surface area contributed by atoms with Crippen LogP contribution >= 0.6 is 27.7 Å². The second-order valence-corrected chi connectivity index (χ2v) is 7.51. The van der Waals surface area contributed by atoms with E-state index in [1.807, 2.05) is 12.1 Å². The molecule has 1 aliphatic heterocycles. The highest BCUT2D eigenvalue weighted by Gasteiger charge is 2.31. The number of hydrogen-bond donors (Lipinski definition) is 1. The topological polar surface area (TPSA) is 41.6 Å². The average Bonchev–Trinajstić information content (AvgIpc) is 3.12. The van der Waals surface area contributed by atoms with Gasteiger partial charge in [0, 0.05) is 12.3 Å². The lowest BCUT2D eigenvalue weighted by Gasteiger charge is -2.25. The first-order valence-electron chi connectivity index (χ1n) is 7.58. The number of rotatable bonds is 3. The largest absolute Gasteiger partial charge is 0.496 e. The highest BCUT2D eigenvalue weighted by atomic mass is 79.9. The number of carbonyl (C=O) groups is 1. The summed E-state index contributed by atoms with van der Waals surface area (Å²) in [5.41, 5.74) is 0.460. The molecule has 0 aromatic heterocycles. The van der Waals surface area contributed by atoms with E-state index in [1.54, 1.807) is 24.9 Å². The summed E-state index contributed by atoms with van der Waals surface area (Å²) in [6.07, 6.45) is 0. The Morgan fingerprint density at radius 3 is 2.73 bits per heavy atom. The van der Waals surface area contributed by atoms with Gasteiger partial charge in [-0.1, -0.05) is 6.07 Å². The predicted octanol–water partition coefficient (Wildman–Crippen LogP) is 5.15. The van der Waals surface area contributed by atoms with Crippen molar-refractivity contribution in [3.63, 3.8) is 0 Å². The molecule has 3 rings (SSSR count). The minimum atomic E-state index is -1.62. The summed E-state index contributed by atoms with van der Waals surface area (Å²) in [4.78, 5) is 14.1. The molecule has 0 bridgehead atoms. The number of carbonyl (C=O) groups excluding carboxylic acids is 1. The van der Waals surface area contributed by atoms with Gasteiger partial charge in [0.1, 0.15) is 11.1 Å². The molecule has 4 nitrogen and oxygen atoms in total. The van der Waals surface area contributed by atoms with Crippen molar-refractivity contribution in [2.24, 2.45) is 0 Å². The molecule has 138 valence electrons. The van der Waals surface area contributed by atoms with Gasteiger partial charge in [-0.25, -0.2) is 18.0 Å². The van der Waals surface area contributed by atoms with Gasteiger partial charge in [-0.15, -0.1) is 11.8 Å². The smallest absolute Gasteiger partial charge is 0.323 e. The van der Waals surface area contributed by atoms with E-state index in [4.69, 9.17) is 4.74 Å². The first kappa shape index (κ1) is 18.9. The van der Waals surface area contributed by atoms with Crippen molar-refractivity contribution in [2.45, 2.75) is 5.37 Å². The first-order valence-corrected chi connectivity index (χ1v) is 9.42. The third-order valence-corrected chi connectivity index (χ3v) is 5.77. The molecule has 0 aliphatic carbocycles. The highest BCUT2D eigenvalue weighted by Crippen LogP contribution is 2.40. The highest BCUT2D eigenvalue weighted by molar-refractivity contribution is 9.10. The number of methoxy groups -OCH3 is 1. The van der Waals surface area contributed by atoms with Crippen molar-refractivity contribution in [2.75, 3.05) is 24.7 Å². The zero-order valence-corrected chi connectivity index (χ0v) is 16.0. The quantitative estimate of drug-likeness (QED) is 0.662. The van der Waals surface area contributed by atoms with Crippen LogP contribution < -0.4 is 10.1 Å². The second kappa shape index (κ2) is 7.79. The van der Waals surface area contributed by atoms with Gasteiger partial charge >= 0.3 is 6.03 Å². The number of anilines is 1. The maximum Gasteiger partial charge on any atom is 0.323 e. The Morgan fingerprint density at radius 2 is 2.04 bits per heavy atom. The third kappa shape index (κ3) is 3.64. The van der Waals surface area contributed by atoms with E-state index in [2.05, 4.69) is 21.2 Å². The molecule has 0 radical (unpaired) electrons. The fourth-order valence-corrected chi connectivity index (χ4v) is 4.40. The predicted molar refractivity (Wildman–Crippen MR) is 97.9 cm³/mol. The summed E-state index contributed by atoms with van der Waals surface area (Å²) in [6.45, 7) is 0.441. The molecule has 0 spiro atoms. The van der Waals surface area contributed by atoms with Crippen LogP contribution in [0, 0.1) is 17.5 Å². The van der Waals surface area contributed by atoms with Crippen molar-refractivity contribution in [1.29, 1.82) is 0 Å².